The van der Waals surface area contributed by atoms with E-state index in [9.17, 15) is 22.0 Å². The zero-order valence-corrected chi connectivity index (χ0v) is 14.7. The summed E-state index contributed by atoms with van der Waals surface area (Å²) in [6.07, 6.45) is 0. The van der Waals surface area contributed by atoms with Gasteiger partial charge in [0.15, 0.2) is 11.6 Å². The Morgan fingerprint density at radius 1 is 1.16 bits per heavy atom. The van der Waals surface area contributed by atoms with E-state index in [1.807, 2.05) is 0 Å². The minimum absolute atomic E-state index is 0.0654. The SMILES string of the molecule is CC(=O)N(CCNS(=O)(=O)c1ccccc1Cl)c1ccc(F)c(F)c1. The summed E-state index contributed by atoms with van der Waals surface area (Å²) in [5.74, 6) is -2.57. The predicted octanol–water partition coefficient (Wildman–Crippen LogP) is 2.95. The Bertz CT molecular complexity index is 891. The summed E-state index contributed by atoms with van der Waals surface area (Å²) in [5.41, 5.74) is 0.128. The zero-order chi connectivity index (χ0) is 18.6. The minimum Gasteiger partial charge on any atom is -0.311 e. The topological polar surface area (TPSA) is 66.5 Å². The first-order valence-corrected chi connectivity index (χ1v) is 9.06. The Balaban J connectivity index is 2.11. The number of hydrogen-bond donors (Lipinski definition) is 1. The third kappa shape index (κ3) is 4.75. The Morgan fingerprint density at radius 3 is 2.44 bits per heavy atom. The zero-order valence-electron chi connectivity index (χ0n) is 13.2. The third-order valence-corrected chi connectivity index (χ3v) is 5.31. The fraction of sp³-hybridized carbons (Fsp3) is 0.188. The summed E-state index contributed by atoms with van der Waals surface area (Å²) >= 11 is 5.87. The molecular weight excluding hydrogens is 374 g/mol. The first-order valence-electron chi connectivity index (χ1n) is 7.20. The van der Waals surface area contributed by atoms with Gasteiger partial charge in [-0.25, -0.2) is 21.9 Å². The molecule has 0 aromatic heterocycles. The standard InChI is InChI=1S/C16H15ClF2N2O3S/c1-11(22)21(12-6-7-14(18)15(19)10-12)9-8-20-25(23,24)16-5-3-2-4-13(16)17/h2-7,10,20H,8-9H2,1H3. The molecule has 2 aromatic carbocycles. The van der Waals surface area contributed by atoms with Crippen molar-refractivity contribution in [2.45, 2.75) is 11.8 Å². The van der Waals surface area contributed by atoms with Gasteiger partial charge in [-0.15, -0.1) is 0 Å². The van der Waals surface area contributed by atoms with Crippen LogP contribution in [0, 0.1) is 11.6 Å². The number of benzene rings is 2. The van der Waals surface area contributed by atoms with E-state index in [0.29, 0.717) is 0 Å². The molecule has 134 valence electrons. The maximum absolute atomic E-state index is 13.3. The van der Waals surface area contributed by atoms with E-state index < -0.39 is 27.6 Å². The van der Waals surface area contributed by atoms with Gasteiger partial charge in [-0.05, 0) is 24.3 Å². The van der Waals surface area contributed by atoms with Gasteiger partial charge in [0.1, 0.15) is 4.90 Å². The number of rotatable bonds is 6. The van der Waals surface area contributed by atoms with Gasteiger partial charge in [0.05, 0.1) is 5.02 Å². The fourth-order valence-corrected chi connectivity index (χ4v) is 3.69. The number of sulfonamides is 1. The van der Waals surface area contributed by atoms with Gasteiger partial charge in [-0.1, -0.05) is 23.7 Å². The molecule has 0 radical (unpaired) electrons. The molecule has 0 aliphatic heterocycles. The normalized spacial score (nSPS) is 11.4. The van der Waals surface area contributed by atoms with Crippen LogP contribution in [0.15, 0.2) is 47.4 Å². The van der Waals surface area contributed by atoms with E-state index in [0.717, 1.165) is 17.0 Å². The van der Waals surface area contributed by atoms with Crippen molar-refractivity contribution in [3.05, 3.63) is 59.1 Å². The van der Waals surface area contributed by atoms with Crippen LogP contribution in [0.3, 0.4) is 0 Å². The average Bonchev–Trinajstić information content (AvgIpc) is 2.54. The summed E-state index contributed by atoms with van der Waals surface area (Å²) < 4.78 is 53.1. The molecule has 0 bridgehead atoms. The van der Waals surface area contributed by atoms with Crippen LogP contribution in [0.5, 0.6) is 0 Å². The minimum atomic E-state index is -3.86. The summed E-state index contributed by atoms with van der Waals surface area (Å²) in [5, 5.41) is 0.0685. The largest absolute Gasteiger partial charge is 0.311 e. The first kappa shape index (κ1) is 19.3. The molecule has 0 unspecified atom stereocenters. The molecule has 0 saturated carbocycles. The Labute approximate surface area is 149 Å². The van der Waals surface area contributed by atoms with Gasteiger partial charge in [0, 0.05) is 31.8 Å². The second kappa shape index (κ2) is 7.90. The first-order chi connectivity index (χ1) is 11.7. The molecule has 0 atom stereocenters. The highest BCUT2D eigenvalue weighted by molar-refractivity contribution is 7.89. The monoisotopic (exact) mass is 388 g/mol. The van der Waals surface area contributed by atoms with Gasteiger partial charge < -0.3 is 4.90 Å². The number of amides is 1. The molecule has 0 saturated heterocycles. The molecule has 0 spiro atoms. The van der Waals surface area contributed by atoms with Crippen LogP contribution in [-0.2, 0) is 14.8 Å². The lowest BCUT2D eigenvalue weighted by molar-refractivity contribution is -0.116. The second-order valence-electron chi connectivity index (χ2n) is 5.10. The van der Waals surface area contributed by atoms with Crippen molar-refractivity contribution in [2.24, 2.45) is 0 Å². The third-order valence-electron chi connectivity index (χ3n) is 3.35. The van der Waals surface area contributed by atoms with Crippen molar-refractivity contribution >= 4 is 33.2 Å². The van der Waals surface area contributed by atoms with Crippen molar-refractivity contribution in [3.8, 4) is 0 Å². The van der Waals surface area contributed by atoms with E-state index in [1.54, 1.807) is 6.07 Å². The number of nitrogens with zero attached hydrogens (tertiary/aromatic N) is 1. The van der Waals surface area contributed by atoms with Gasteiger partial charge >= 0.3 is 0 Å². The lowest BCUT2D eigenvalue weighted by Crippen LogP contribution is -2.37. The molecule has 0 aliphatic carbocycles. The van der Waals surface area contributed by atoms with Crippen LogP contribution in [-0.4, -0.2) is 27.4 Å². The number of halogens is 3. The Kier molecular flexibility index (Phi) is 6.10. The Morgan fingerprint density at radius 2 is 1.84 bits per heavy atom. The molecule has 0 heterocycles. The van der Waals surface area contributed by atoms with Crippen LogP contribution >= 0.6 is 11.6 Å². The molecule has 0 aliphatic rings. The fourth-order valence-electron chi connectivity index (χ4n) is 2.15. The van der Waals surface area contributed by atoms with E-state index in [-0.39, 0.29) is 28.7 Å². The maximum atomic E-state index is 13.3. The number of hydrogen-bond acceptors (Lipinski definition) is 3. The van der Waals surface area contributed by atoms with Gasteiger partial charge in [0.2, 0.25) is 15.9 Å². The quantitative estimate of drug-likeness (QED) is 0.827. The van der Waals surface area contributed by atoms with E-state index in [2.05, 4.69) is 4.72 Å². The van der Waals surface area contributed by atoms with E-state index >= 15 is 0 Å². The van der Waals surface area contributed by atoms with Gasteiger partial charge in [-0.3, -0.25) is 4.79 Å². The highest BCUT2D eigenvalue weighted by Crippen LogP contribution is 2.21. The summed E-state index contributed by atoms with van der Waals surface area (Å²) in [6.45, 7) is 1.04. The number of anilines is 1. The van der Waals surface area contributed by atoms with Crippen molar-refractivity contribution in [2.75, 3.05) is 18.0 Å². The summed E-state index contributed by atoms with van der Waals surface area (Å²) in [6, 6.07) is 8.93. The molecule has 1 N–H and O–H groups in total. The second-order valence-corrected chi connectivity index (χ2v) is 7.24. The maximum Gasteiger partial charge on any atom is 0.242 e. The molecule has 1 amide bonds. The van der Waals surface area contributed by atoms with Crippen molar-refractivity contribution in [1.82, 2.24) is 4.72 Å². The molecule has 0 fully saturated rings. The van der Waals surface area contributed by atoms with Gasteiger partial charge in [-0.2, -0.15) is 0 Å². The van der Waals surface area contributed by atoms with E-state index in [4.69, 9.17) is 11.6 Å². The van der Waals surface area contributed by atoms with Gasteiger partial charge in [0.25, 0.3) is 0 Å². The smallest absolute Gasteiger partial charge is 0.242 e. The van der Waals surface area contributed by atoms with Crippen LogP contribution in [0.25, 0.3) is 0 Å². The lowest BCUT2D eigenvalue weighted by atomic mass is 10.2. The van der Waals surface area contributed by atoms with Crippen LogP contribution in [0.1, 0.15) is 6.92 Å². The summed E-state index contributed by atoms with van der Waals surface area (Å²) in [7, 11) is -3.86. The molecular formula is C16H15ClF2N2O3S. The van der Waals surface area contributed by atoms with Crippen LogP contribution in [0.2, 0.25) is 5.02 Å². The highest BCUT2D eigenvalue weighted by Gasteiger charge is 2.19. The molecule has 5 nitrogen and oxygen atoms in total. The molecule has 9 heteroatoms. The van der Waals surface area contributed by atoms with Crippen molar-refractivity contribution in [3.63, 3.8) is 0 Å². The average molecular weight is 389 g/mol. The van der Waals surface area contributed by atoms with E-state index in [1.165, 1.54) is 31.2 Å². The number of carbonyl (C=O) groups is 1. The predicted molar refractivity (Wildman–Crippen MR) is 91.0 cm³/mol. The van der Waals surface area contributed by atoms with Crippen molar-refractivity contribution in [1.29, 1.82) is 0 Å². The number of carbonyl (C=O) groups excluding carboxylic acids is 1. The van der Waals surface area contributed by atoms with Crippen molar-refractivity contribution < 1.29 is 22.0 Å². The molecule has 25 heavy (non-hydrogen) atoms. The lowest BCUT2D eigenvalue weighted by Gasteiger charge is -2.21. The summed E-state index contributed by atoms with van der Waals surface area (Å²) in [4.78, 5) is 12.8. The molecule has 2 aromatic rings. The molecule has 2 rings (SSSR count). The number of nitrogens with one attached hydrogen (secondary N) is 1. The van der Waals surface area contributed by atoms with Crippen LogP contribution < -0.4 is 9.62 Å². The Hall–Kier alpha value is -2.03. The highest BCUT2D eigenvalue weighted by atomic mass is 35.5. The van der Waals surface area contributed by atoms with Crippen LogP contribution in [0.4, 0.5) is 14.5 Å².